The van der Waals surface area contributed by atoms with Gasteiger partial charge < -0.3 is 24.1 Å². The third-order valence-corrected chi connectivity index (χ3v) is 11.0. The number of allylic oxidation sites excluding steroid dienone is 1. The number of methoxy groups -OCH3 is 1. The van der Waals surface area contributed by atoms with E-state index < -0.39 is 23.5 Å². The molecule has 0 aliphatic heterocycles. The van der Waals surface area contributed by atoms with Gasteiger partial charge in [-0.15, -0.1) is 24.5 Å². The highest BCUT2D eigenvalue weighted by Crippen LogP contribution is 2.49. The van der Waals surface area contributed by atoms with Crippen LogP contribution in [0, 0.1) is 24.7 Å². The van der Waals surface area contributed by atoms with E-state index >= 15 is 0 Å². The first-order chi connectivity index (χ1) is 23.0. The maximum absolute atomic E-state index is 14.2. The quantitative estimate of drug-likeness (QED) is 0.0975. The van der Waals surface area contributed by atoms with Crippen LogP contribution in [0.25, 0.3) is 21.6 Å². The van der Waals surface area contributed by atoms with Crippen molar-refractivity contribution >= 4 is 40.3 Å². The van der Waals surface area contributed by atoms with E-state index in [1.807, 2.05) is 31.2 Å². The Balaban J connectivity index is 1.49. The lowest BCUT2D eigenvalue weighted by Crippen LogP contribution is -2.47. The number of nitrogens with zero attached hydrogens (tertiary/aromatic N) is 4. The molecule has 5 rings (SSSR count). The van der Waals surface area contributed by atoms with Crippen LogP contribution in [-0.4, -0.2) is 77.3 Å². The highest BCUT2D eigenvalue weighted by atomic mass is 32.1. The number of pyridine rings is 1. The van der Waals surface area contributed by atoms with Gasteiger partial charge in [-0.1, -0.05) is 26.0 Å². The van der Waals surface area contributed by atoms with Crippen LogP contribution in [0.4, 0.5) is 0 Å². The molecular formula is C38H48N4O5S. The highest BCUT2D eigenvalue weighted by molar-refractivity contribution is 7.13. The maximum atomic E-state index is 14.2. The van der Waals surface area contributed by atoms with Crippen molar-refractivity contribution in [2.45, 2.75) is 76.9 Å². The zero-order valence-electron chi connectivity index (χ0n) is 29.0. The lowest BCUT2D eigenvalue weighted by Gasteiger charge is -2.30. The number of hydrogen-bond donors (Lipinski definition) is 0. The molecule has 1 aromatic carbocycles. The molecule has 5 atom stereocenters. The summed E-state index contributed by atoms with van der Waals surface area (Å²) in [4.78, 5) is 53.6. The van der Waals surface area contributed by atoms with Crippen molar-refractivity contribution < 1.29 is 23.9 Å². The number of rotatable bonds is 15. The number of hydrogen-bond acceptors (Lipinski definition) is 8. The van der Waals surface area contributed by atoms with Crippen molar-refractivity contribution in [1.82, 2.24) is 19.8 Å². The van der Waals surface area contributed by atoms with Crippen molar-refractivity contribution in [2.24, 2.45) is 17.8 Å². The van der Waals surface area contributed by atoms with Crippen molar-refractivity contribution in [3.63, 3.8) is 0 Å². The zero-order chi connectivity index (χ0) is 34.7. The van der Waals surface area contributed by atoms with Crippen molar-refractivity contribution in [3.05, 3.63) is 60.1 Å². The molecule has 2 aliphatic rings. The Morgan fingerprint density at radius 3 is 2.44 bits per heavy atom. The Bertz CT molecular complexity index is 1700. The Hall–Kier alpha value is -4.05. The minimum atomic E-state index is -0.905. The van der Waals surface area contributed by atoms with E-state index in [0.717, 1.165) is 58.5 Å². The standard InChI is InChI=1S/C38H48N4O5S/c1-9-11-12-13-16-41(6)36(44)28-17-26(18-29(28)37(45)42(7)38(22-43)20-25(38)10-2)47-33-19-30(35-40-31(21-48-35)23(3)4)39-34-24(5)32(46-8)15-14-27(33)34/h9-10,14-15,19,21-23,25-26,28-29H,1-2,11-13,16-18,20H2,3-8H3/t25-,26+,28-,29-,38+/m1/s1. The molecule has 2 aliphatic carbocycles. The van der Waals surface area contributed by atoms with E-state index in [1.54, 1.807) is 48.4 Å². The van der Waals surface area contributed by atoms with Gasteiger partial charge in [0, 0.05) is 49.0 Å². The molecule has 2 fully saturated rings. The number of benzene rings is 1. The summed E-state index contributed by atoms with van der Waals surface area (Å²) in [6.45, 7) is 14.4. The fourth-order valence-corrected chi connectivity index (χ4v) is 7.90. The number of aromatic nitrogens is 2. The molecule has 0 radical (unpaired) electrons. The molecule has 0 bridgehead atoms. The van der Waals surface area contributed by atoms with E-state index in [-0.39, 0.29) is 23.7 Å². The summed E-state index contributed by atoms with van der Waals surface area (Å²) < 4.78 is 12.4. The fourth-order valence-electron chi connectivity index (χ4n) is 6.96. The van der Waals surface area contributed by atoms with E-state index in [9.17, 15) is 14.4 Å². The predicted molar refractivity (Wildman–Crippen MR) is 190 cm³/mol. The summed E-state index contributed by atoms with van der Waals surface area (Å²) in [5, 5.41) is 3.67. The van der Waals surface area contributed by atoms with Gasteiger partial charge in [-0.3, -0.25) is 9.59 Å². The average Bonchev–Trinajstić information content (AvgIpc) is 3.37. The first kappa shape index (κ1) is 35.3. The Labute approximate surface area is 288 Å². The van der Waals surface area contributed by atoms with Crippen molar-refractivity contribution in [3.8, 4) is 22.2 Å². The first-order valence-corrected chi connectivity index (χ1v) is 17.7. The molecule has 2 heterocycles. The third kappa shape index (κ3) is 6.77. The molecule has 2 amide bonds. The summed E-state index contributed by atoms with van der Waals surface area (Å²) in [6.07, 6.45) is 7.99. The average molecular weight is 673 g/mol. The number of aldehydes is 1. The molecule has 0 spiro atoms. The van der Waals surface area contributed by atoms with E-state index in [2.05, 4.69) is 32.4 Å². The van der Waals surface area contributed by atoms with Crippen LogP contribution < -0.4 is 9.47 Å². The second-order valence-electron chi connectivity index (χ2n) is 13.5. The number of amides is 2. The molecule has 10 heteroatoms. The number of likely N-dealkylation sites (N-methyl/N-ethyl adjacent to an activating group) is 1. The molecular weight excluding hydrogens is 625 g/mol. The number of ether oxygens (including phenoxy) is 2. The lowest BCUT2D eigenvalue weighted by molar-refractivity contribution is -0.146. The molecule has 3 aromatic rings. The van der Waals surface area contributed by atoms with Crippen LogP contribution in [0.15, 0.2) is 48.9 Å². The Kier molecular flexibility index (Phi) is 10.7. The molecule has 0 N–H and O–H groups in total. The summed E-state index contributed by atoms with van der Waals surface area (Å²) in [5.74, 6) is 0.0314. The second-order valence-corrected chi connectivity index (χ2v) is 14.4. The molecule has 48 heavy (non-hydrogen) atoms. The van der Waals surface area contributed by atoms with Crippen LogP contribution in [0.3, 0.4) is 0 Å². The van der Waals surface area contributed by atoms with Crippen LogP contribution in [-0.2, 0) is 14.4 Å². The largest absolute Gasteiger partial charge is 0.496 e. The molecule has 0 unspecified atom stereocenters. The third-order valence-electron chi connectivity index (χ3n) is 10.1. The summed E-state index contributed by atoms with van der Waals surface area (Å²) >= 11 is 1.54. The van der Waals surface area contributed by atoms with Gasteiger partial charge in [-0.2, -0.15) is 0 Å². The number of aryl methyl sites for hydroxylation is 1. The number of carbonyl (C=O) groups is 3. The lowest BCUT2D eigenvalue weighted by atomic mass is 9.92. The monoisotopic (exact) mass is 672 g/mol. The van der Waals surface area contributed by atoms with Crippen LogP contribution in [0.1, 0.15) is 69.5 Å². The van der Waals surface area contributed by atoms with Gasteiger partial charge in [-0.05, 0) is 63.5 Å². The predicted octanol–water partition coefficient (Wildman–Crippen LogP) is 6.99. The number of carbonyl (C=O) groups excluding carboxylic acids is 3. The van der Waals surface area contributed by atoms with Gasteiger partial charge in [0.1, 0.15) is 40.1 Å². The van der Waals surface area contributed by atoms with E-state index in [4.69, 9.17) is 19.4 Å². The minimum Gasteiger partial charge on any atom is -0.496 e. The zero-order valence-corrected chi connectivity index (χ0v) is 29.8. The van der Waals surface area contributed by atoms with Crippen molar-refractivity contribution in [2.75, 3.05) is 27.7 Å². The second kappa shape index (κ2) is 14.6. The summed E-state index contributed by atoms with van der Waals surface area (Å²) in [6, 6.07) is 5.76. The van der Waals surface area contributed by atoms with E-state index in [1.165, 1.54) is 0 Å². The topological polar surface area (TPSA) is 102 Å². The van der Waals surface area contributed by atoms with Crippen LogP contribution >= 0.6 is 11.3 Å². The number of unbranched alkanes of at least 4 members (excludes halogenated alkanes) is 2. The maximum Gasteiger partial charge on any atom is 0.227 e. The van der Waals surface area contributed by atoms with Crippen molar-refractivity contribution in [1.29, 1.82) is 0 Å². The van der Waals surface area contributed by atoms with Gasteiger partial charge in [0.2, 0.25) is 11.8 Å². The van der Waals surface area contributed by atoms with Gasteiger partial charge in [0.15, 0.2) is 0 Å². The smallest absolute Gasteiger partial charge is 0.227 e. The first-order valence-electron chi connectivity index (χ1n) is 16.8. The molecule has 0 saturated heterocycles. The molecule has 2 aromatic heterocycles. The van der Waals surface area contributed by atoms with E-state index in [0.29, 0.717) is 37.3 Å². The number of thiazole rings is 1. The van der Waals surface area contributed by atoms with Gasteiger partial charge in [0.25, 0.3) is 0 Å². The normalized spacial score (nSPS) is 23.1. The summed E-state index contributed by atoms with van der Waals surface area (Å²) in [5.41, 5.74) is 2.42. The Morgan fingerprint density at radius 2 is 1.83 bits per heavy atom. The highest BCUT2D eigenvalue weighted by Gasteiger charge is 2.59. The fraction of sp³-hybridized carbons (Fsp3) is 0.500. The molecule has 256 valence electrons. The van der Waals surface area contributed by atoms with Gasteiger partial charge >= 0.3 is 0 Å². The molecule has 9 nitrogen and oxygen atoms in total. The van der Waals surface area contributed by atoms with Crippen LogP contribution in [0.2, 0.25) is 0 Å². The van der Waals surface area contributed by atoms with Gasteiger partial charge in [0.05, 0.1) is 30.2 Å². The summed E-state index contributed by atoms with van der Waals surface area (Å²) in [7, 11) is 5.11. The number of fused-ring (bicyclic) bond motifs is 1. The van der Waals surface area contributed by atoms with Crippen LogP contribution in [0.5, 0.6) is 11.5 Å². The molecule has 2 saturated carbocycles. The Morgan fingerprint density at radius 1 is 1.10 bits per heavy atom. The SMILES string of the molecule is C=CCCCCN(C)C(=O)[C@@H]1C[C@H](Oc2cc(-c3nc(C(C)C)cs3)nc3c(C)c(OC)ccc23)C[C@H]1C(=O)N(C)[C@]1(C=O)C[C@H]1C=C. The minimum absolute atomic E-state index is 0.0764. The van der Waals surface area contributed by atoms with Gasteiger partial charge in [-0.25, -0.2) is 9.97 Å².